The number of sulfonamides is 1. The molecule has 106 valence electrons. The van der Waals surface area contributed by atoms with Gasteiger partial charge >= 0.3 is 0 Å². The fourth-order valence-electron chi connectivity index (χ4n) is 2.19. The molecule has 0 aliphatic carbocycles. The first-order valence-corrected chi connectivity index (χ1v) is 7.65. The van der Waals surface area contributed by atoms with Crippen LogP contribution in [0.15, 0.2) is 29.2 Å². The lowest BCUT2D eigenvalue weighted by atomic mass is 10.0. The second-order valence-electron chi connectivity index (χ2n) is 5.50. The highest BCUT2D eigenvalue weighted by Crippen LogP contribution is 2.25. The number of rotatable bonds is 2. The van der Waals surface area contributed by atoms with E-state index < -0.39 is 15.8 Å². The number of benzene rings is 1. The minimum Gasteiger partial charge on any atom is -0.299 e. The molecule has 19 heavy (non-hydrogen) atoms. The van der Waals surface area contributed by atoms with E-state index in [1.165, 1.54) is 28.6 Å². The van der Waals surface area contributed by atoms with Crippen LogP contribution in [0, 0.1) is 5.82 Å². The first kappa shape index (κ1) is 14.4. The third-order valence-electron chi connectivity index (χ3n) is 3.74. The SMILES string of the molecule is CN1CCN(S(=O)(=O)c2ccccc2F)CC1(C)C. The first-order chi connectivity index (χ1) is 8.75. The van der Waals surface area contributed by atoms with Gasteiger partial charge in [-0.3, -0.25) is 4.90 Å². The maximum Gasteiger partial charge on any atom is 0.246 e. The van der Waals surface area contributed by atoms with E-state index in [-0.39, 0.29) is 10.4 Å². The lowest BCUT2D eigenvalue weighted by Gasteiger charge is -2.44. The third kappa shape index (κ3) is 2.66. The van der Waals surface area contributed by atoms with Gasteiger partial charge in [-0.15, -0.1) is 0 Å². The predicted molar refractivity (Wildman–Crippen MR) is 71.9 cm³/mol. The van der Waals surface area contributed by atoms with Gasteiger partial charge in [0.25, 0.3) is 0 Å². The van der Waals surface area contributed by atoms with Gasteiger partial charge in [-0.05, 0) is 33.0 Å². The van der Waals surface area contributed by atoms with Crippen LogP contribution in [0.5, 0.6) is 0 Å². The maximum atomic E-state index is 13.7. The maximum absolute atomic E-state index is 13.7. The van der Waals surface area contributed by atoms with Gasteiger partial charge in [0.1, 0.15) is 10.7 Å². The van der Waals surface area contributed by atoms with Crippen LogP contribution in [0.3, 0.4) is 0 Å². The van der Waals surface area contributed by atoms with Crippen molar-refractivity contribution in [3.63, 3.8) is 0 Å². The van der Waals surface area contributed by atoms with E-state index in [0.29, 0.717) is 19.6 Å². The van der Waals surface area contributed by atoms with Crippen molar-refractivity contribution in [3.8, 4) is 0 Å². The van der Waals surface area contributed by atoms with Crippen molar-refractivity contribution < 1.29 is 12.8 Å². The number of nitrogens with zero attached hydrogens (tertiary/aromatic N) is 2. The van der Waals surface area contributed by atoms with Crippen molar-refractivity contribution in [1.29, 1.82) is 0 Å². The molecule has 1 aromatic carbocycles. The molecule has 2 rings (SSSR count). The van der Waals surface area contributed by atoms with E-state index in [1.54, 1.807) is 0 Å². The highest BCUT2D eigenvalue weighted by Gasteiger charge is 2.37. The number of likely N-dealkylation sites (N-methyl/N-ethyl adjacent to an activating group) is 1. The first-order valence-electron chi connectivity index (χ1n) is 6.21. The molecule has 6 heteroatoms. The lowest BCUT2D eigenvalue weighted by Crippen LogP contribution is -2.58. The van der Waals surface area contributed by atoms with Gasteiger partial charge in [0.05, 0.1) is 0 Å². The summed E-state index contributed by atoms with van der Waals surface area (Å²) < 4.78 is 40.0. The Bertz CT molecular complexity index is 572. The summed E-state index contributed by atoms with van der Waals surface area (Å²) in [7, 11) is -1.79. The summed E-state index contributed by atoms with van der Waals surface area (Å²) in [6.45, 7) is 5.35. The van der Waals surface area contributed by atoms with Crippen LogP contribution in [-0.4, -0.2) is 49.8 Å². The van der Waals surface area contributed by atoms with Crippen LogP contribution in [0.4, 0.5) is 4.39 Å². The second-order valence-corrected chi connectivity index (χ2v) is 7.41. The van der Waals surface area contributed by atoms with Crippen molar-refractivity contribution in [2.75, 3.05) is 26.7 Å². The predicted octanol–water partition coefficient (Wildman–Crippen LogP) is 1.54. The topological polar surface area (TPSA) is 40.6 Å². The van der Waals surface area contributed by atoms with E-state index >= 15 is 0 Å². The normalized spacial score (nSPS) is 21.5. The Labute approximate surface area is 113 Å². The van der Waals surface area contributed by atoms with Gasteiger partial charge in [-0.2, -0.15) is 4.31 Å². The number of halogens is 1. The second kappa shape index (κ2) is 4.85. The van der Waals surface area contributed by atoms with Crippen LogP contribution >= 0.6 is 0 Å². The standard InChI is InChI=1S/C13H19FN2O2S/c1-13(2)10-16(9-8-15(13)3)19(17,18)12-7-5-4-6-11(12)14/h4-7H,8-10H2,1-3H3. The summed E-state index contributed by atoms with van der Waals surface area (Å²) in [5.74, 6) is -0.695. The Kier molecular flexibility index (Phi) is 3.68. The average molecular weight is 286 g/mol. The molecule has 0 saturated carbocycles. The quantitative estimate of drug-likeness (QED) is 0.828. The average Bonchev–Trinajstić information content (AvgIpc) is 2.32. The van der Waals surface area contributed by atoms with Crippen LogP contribution in [0.25, 0.3) is 0 Å². The zero-order chi connectivity index (χ0) is 14.3. The molecular formula is C13H19FN2O2S. The van der Waals surface area contributed by atoms with E-state index in [9.17, 15) is 12.8 Å². The summed E-state index contributed by atoms with van der Waals surface area (Å²) >= 11 is 0. The van der Waals surface area contributed by atoms with Crippen LogP contribution in [-0.2, 0) is 10.0 Å². The van der Waals surface area contributed by atoms with E-state index in [2.05, 4.69) is 4.90 Å². The smallest absolute Gasteiger partial charge is 0.246 e. The Hall–Kier alpha value is -0.980. The van der Waals surface area contributed by atoms with E-state index in [4.69, 9.17) is 0 Å². The monoisotopic (exact) mass is 286 g/mol. The highest BCUT2D eigenvalue weighted by molar-refractivity contribution is 7.89. The molecule has 0 atom stereocenters. The minimum absolute atomic E-state index is 0.240. The molecule has 0 radical (unpaired) electrons. The third-order valence-corrected chi connectivity index (χ3v) is 5.61. The van der Waals surface area contributed by atoms with Crippen LogP contribution in [0.1, 0.15) is 13.8 Å². The molecule has 1 aliphatic rings. The van der Waals surface area contributed by atoms with Crippen LogP contribution < -0.4 is 0 Å². The number of hydrogen-bond donors (Lipinski definition) is 0. The van der Waals surface area contributed by atoms with Crippen molar-refractivity contribution in [3.05, 3.63) is 30.1 Å². The molecule has 0 N–H and O–H groups in total. The van der Waals surface area contributed by atoms with Crippen molar-refractivity contribution in [2.24, 2.45) is 0 Å². The number of hydrogen-bond acceptors (Lipinski definition) is 3. The Balaban J connectivity index is 2.34. The fourth-order valence-corrected chi connectivity index (χ4v) is 3.84. The zero-order valence-electron chi connectivity index (χ0n) is 11.4. The van der Waals surface area contributed by atoms with Gasteiger partial charge < -0.3 is 0 Å². The number of piperazine rings is 1. The fraction of sp³-hybridized carbons (Fsp3) is 0.538. The molecule has 0 aromatic heterocycles. The molecule has 0 amide bonds. The van der Waals surface area contributed by atoms with Gasteiger partial charge in [-0.25, -0.2) is 12.8 Å². The molecule has 1 aliphatic heterocycles. The molecule has 1 fully saturated rings. The minimum atomic E-state index is -3.76. The van der Waals surface area contributed by atoms with Gasteiger partial charge in [0, 0.05) is 25.2 Å². The molecule has 4 nitrogen and oxygen atoms in total. The summed E-state index contributed by atoms with van der Waals surface area (Å²) in [5.41, 5.74) is -0.253. The molecule has 1 aromatic rings. The molecule has 1 heterocycles. The molecule has 1 saturated heterocycles. The summed E-state index contributed by atoms with van der Waals surface area (Å²) in [4.78, 5) is 1.87. The van der Waals surface area contributed by atoms with Crippen molar-refractivity contribution >= 4 is 10.0 Å². The summed E-state index contributed by atoms with van der Waals surface area (Å²) in [5, 5.41) is 0. The van der Waals surface area contributed by atoms with Crippen molar-refractivity contribution in [2.45, 2.75) is 24.3 Å². The largest absolute Gasteiger partial charge is 0.299 e. The van der Waals surface area contributed by atoms with Crippen LogP contribution in [0.2, 0.25) is 0 Å². The van der Waals surface area contributed by atoms with Gasteiger partial charge in [0.15, 0.2) is 0 Å². The Morgan fingerprint density at radius 3 is 2.42 bits per heavy atom. The van der Waals surface area contributed by atoms with E-state index in [0.717, 1.165) is 0 Å². The summed E-state index contributed by atoms with van der Waals surface area (Å²) in [6.07, 6.45) is 0. The Morgan fingerprint density at radius 2 is 1.84 bits per heavy atom. The summed E-state index contributed by atoms with van der Waals surface area (Å²) in [6, 6.07) is 5.52. The molecule has 0 bridgehead atoms. The molecule has 0 unspecified atom stereocenters. The Morgan fingerprint density at radius 1 is 1.21 bits per heavy atom. The lowest BCUT2D eigenvalue weighted by molar-refractivity contribution is 0.0800. The highest BCUT2D eigenvalue weighted by atomic mass is 32.2. The van der Waals surface area contributed by atoms with Crippen molar-refractivity contribution in [1.82, 2.24) is 9.21 Å². The van der Waals surface area contributed by atoms with Gasteiger partial charge in [0.2, 0.25) is 10.0 Å². The zero-order valence-corrected chi connectivity index (χ0v) is 12.2. The van der Waals surface area contributed by atoms with E-state index in [1.807, 2.05) is 20.9 Å². The molecular weight excluding hydrogens is 267 g/mol. The van der Waals surface area contributed by atoms with Gasteiger partial charge in [-0.1, -0.05) is 12.1 Å². The molecule has 0 spiro atoms.